The highest BCUT2D eigenvalue weighted by molar-refractivity contribution is 6.28. The first-order valence-corrected chi connectivity index (χ1v) is 23.2. The SMILES string of the molecule is N#Cc1cccc(-c2c(-n3c4ccccc4c4ccc5c(c6ccccc6n5-c5ccccc5)c43)cc(C(F)(F)F)cc2-n2c3ccccc3c3ccc4c(c5ccccc5n4-c4ccccc4)c32)c1. The summed E-state index contributed by atoms with van der Waals surface area (Å²) < 4.78 is 57.1. The van der Waals surface area contributed by atoms with E-state index in [-0.39, 0.29) is 0 Å². The molecule has 4 aromatic heterocycles. The molecule has 0 bridgehead atoms. The largest absolute Gasteiger partial charge is 0.416 e. The van der Waals surface area contributed by atoms with E-state index in [1.807, 2.05) is 130 Å². The second kappa shape index (κ2) is 14.8. The molecule has 0 unspecified atom stereocenters. The number of hydrogen-bond acceptors (Lipinski definition) is 1. The maximum atomic E-state index is 16.2. The monoisotopic (exact) mass is 907 g/mol. The molecule has 0 fully saturated rings. The molecule has 330 valence electrons. The van der Waals surface area contributed by atoms with Gasteiger partial charge in [0.05, 0.1) is 72.7 Å². The van der Waals surface area contributed by atoms with E-state index in [2.05, 4.69) is 88.0 Å². The molecule has 0 saturated heterocycles. The third kappa shape index (κ3) is 5.60. The molecule has 10 aromatic carbocycles. The summed E-state index contributed by atoms with van der Waals surface area (Å²) in [6.45, 7) is 0. The molecule has 0 saturated carbocycles. The van der Waals surface area contributed by atoms with Crippen LogP contribution in [0.3, 0.4) is 0 Å². The fourth-order valence-corrected chi connectivity index (χ4v) is 11.4. The van der Waals surface area contributed by atoms with Gasteiger partial charge < -0.3 is 18.3 Å². The zero-order valence-corrected chi connectivity index (χ0v) is 37.2. The van der Waals surface area contributed by atoms with Crippen LogP contribution in [0.5, 0.6) is 0 Å². The van der Waals surface area contributed by atoms with E-state index in [9.17, 15) is 5.26 Å². The Labute approximate surface area is 397 Å². The molecule has 14 rings (SSSR count). The highest BCUT2D eigenvalue weighted by atomic mass is 19.4. The van der Waals surface area contributed by atoms with Crippen LogP contribution in [0.4, 0.5) is 13.2 Å². The van der Waals surface area contributed by atoms with Crippen LogP contribution in [-0.2, 0) is 6.18 Å². The van der Waals surface area contributed by atoms with Crippen LogP contribution in [-0.4, -0.2) is 18.3 Å². The predicted octanol–water partition coefficient (Wildman–Crippen LogP) is 16.6. The molecule has 0 aliphatic rings. The van der Waals surface area contributed by atoms with Gasteiger partial charge in [-0.1, -0.05) is 133 Å². The second-order valence-corrected chi connectivity index (χ2v) is 17.9. The van der Waals surface area contributed by atoms with Gasteiger partial charge in [0.1, 0.15) is 0 Å². The summed E-state index contributed by atoms with van der Waals surface area (Å²) in [7, 11) is 0. The fraction of sp³-hybridized carbons (Fsp3) is 0.0161. The Morgan fingerprint density at radius 2 is 0.771 bits per heavy atom. The van der Waals surface area contributed by atoms with E-state index in [4.69, 9.17) is 0 Å². The molecule has 5 nitrogen and oxygen atoms in total. The van der Waals surface area contributed by atoms with Crippen LogP contribution < -0.4 is 0 Å². The van der Waals surface area contributed by atoms with Gasteiger partial charge in [0.15, 0.2) is 0 Å². The van der Waals surface area contributed by atoms with Gasteiger partial charge in [0.2, 0.25) is 0 Å². The van der Waals surface area contributed by atoms with Crippen LogP contribution in [0.2, 0.25) is 0 Å². The third-order valence-electron chi connectivity index (χ3n) is 14.2. The van der Waals surface area contributed by atoms with Crippen molar-refractivity contribution in [1.82, 2.24) is 18.3 Å². The van der Waals surface area contributed by atoms with E-state index >= 15 is 13.2 Å². The number of fused-ring (bicyclic) bond motifs is 14. The third-order valence-corrected chi connectivity index (χ3v) is 14.2. The molecule has 0 amide bonds. The van der Waals surface area contributed by atoms with Crippen LogP contribution in [0.1, 0.15) is 11.1 Å². The summed E-state index contributed by atoms with van der Waals surface area (Å²) >= 11 is 0. The Morgan fingerprint density at radius 3 is 1.21 bits per heavy atom. The number of hydrogen-bond donors (Lipinski definition) is 0. The minimum absolute atomic E-state index is 0.333. The molecular formula is C62H36F3N5. The Kier molecular flexibility index (Phi) is 8.44. The van der Waals surface area contributed by atoms with Crippen molar-refractivity contribution in [3.63, 3.8) is 0 Å². The molecule has 14 aromatic rings. The van der Waals surface area contributed by atoms with Crippen LogP contribution in [0.25, 0.3) is 121 Å². The van der Waals surface area contributed by atoms with Crippen molar-refractivity contribution in [1.29, 1.82) is 5.26 Å². The number of rotatable bonds is 5. The van der Waals surface area contributed by atoms with Gasteiger partial charge >= 0.3 is 6.18 Å². The van der Waals surface area contributed by atoms with Crippen molar-refractivity contribution >= 4 is 87.2 Å². The maximum absolute atomic E-state index is 16.2. The van der Waals surface area contributed by atoms with Gasteiger partial charge in [-0.2, -0.15) is 18.4 Å². The summed E-state index contributed by atoms with van der Waals surface area (Å²) in [6, 6.07) is 73.4. The van der Waals surface area contributed by atoms with Crippen LogP contribution in [0, 0.1) is 11.3 Å². The summed E-state index contributed by atoms with van der Waals surface area (Å²) in [5, 5.41) is 17.8. The minimum Gasteiger partial charge on any atom is -0.309 e. The van der Waals surface area contributed by atoms with Crippen molar-refractivity contribution in [2.45, 2.75) is 6.18 Å². The lowest BCUT2D eigenvalue weighted by Gasteiger charge is -2.23. The normalized spacial score (nSPS) is 12.2. The maximum Gasteiger partial charge on any atom is 0.416 e. The summed E-state index contributed by atoms with van der Waals surface area (Å²) in [6.07, 6.45) is -4.76. The number of aromatic nitrogens is 4. The lowest BCUT2D eigenvalue weighted by Crippen LogP contribution is -2.11. The zero-order chi connectivity index (χ0) is 46.8. The minimum atomic E-state index is -4.76. The number of para-hydroxylation sites is 6. The highest BCUT2D eigenvalue weighted by Crippen LogP contribution is 2.49. The Hall–Kier alpha value is -9.32. The van der Waals surface area contributed by atoms with Gasteiger partial charge in [-0.25, -0.2) is 0 Å². The topological polar surface area (TPSA) is 43.5 Å². The van der Waals surface area contributed by atoms with E-state index < -0.39 is 11.7 Å². The molecule has 0 aliphatic carbocycles. The first-order chi connectivity index (χ1) is 34.4. The number of benzene rings is 10. The number of nitriles is 1. The van der Waals surface area contributed by atoms with Gasteiger partial charge in [-0.3, -0.25) is 0 Å². The van der Waals surface area contributed by atoms with Crippen molar-refractivity contribution in [3.8, 4) is 39.9 Å². The van der Waals surface area contributed by atoms with E-state index in [1.165, 1.54) is 12.1 Å². The van der Waals surface area contributed by atoms with Gasteiger partial charge in [-0.15, -0.1) is 0 Å². The molecule has 4 heterocycles. The van der Waals surface area contributed by atoms with Crippen molar-refractivity contribution in [2.24, 2.45) is 0 Å². The first kappa shape index (κ1) is 39.8. The quantitative estimate of drug-likeness (QED) is 0.170. The zero-order valence-electron chi connectivity index (χ0n) is 37.2. The molecule has 0 atom stereocenters. The lowest BCUT2D eigenvalue weighted by molar-refractivity contribution is -0.137. The predicted molar refractivity (Wildman–Crippen MR) is 279 cm³/mol. The van der Waals surface area contributed by atoms with Gasteiger partial charge in [-0.05, 0) is 90.5 Å². The summed E-state index contributed by atoms with van der Waals surface area (Å²) in [4.78, 5) is 0. The highest BCUT2D eigenvalue weighted by Gasteiger charge is 2.35. The van der Waals surface area contributed by atoms with Gasteiger partial charge in [0.25, 0.3) is 0 Å². The van der Waals surface area contributed by atoms with Crippen molar-refractivity contribution in [2.75, 3.05) is 0 Å². The molecule has 0 radical (unpaired) electrons. The van der Waals surface area contributed by atoms with E-state index in [1.54, 1.807) is 12.1 Å². The average Bonchev–Trinajstić information content (AvgIpc) is 4.13. The smallest absolute Gasteiger partial charge is 0.309 e. The van der Waals surface area contributed by atoms with Gasteiger partial charge in [0, 0.05) is 60.0 Å². The summed E-state index contributed by atoms with van der Waals surface area (Å²) in [5.41, 5.74) is 10.2. The number of halogens is 3. The fourth-order valence-electron chi connectivity index (χ4n) is 11.4. The second-order valence-electron chi connectivity index (χ2n) is 17.9. The molecular weight excluding hydrogens is 872 g/mol. The number of alkyl halides is 3. The van der Waals surface area contributed by atoms with E-state index in [0.717, 1.165) is 98.6 Å². The molecule has 0 spiro atoms. The Balaban J connectivity index is 1.23. The average molecular weight is 908 g/mol. The van der Waals surface area contributed by atoms with Crippen LogP contribution in [0.15, 0.2) is 218 Å². The van der Waals surface area contributed by atoms with Crippen LogP contribution >= 0.6 is 0 Å². The molecule has 70 heavy (non-hydrogen) atoms. The standard InChI is InChI=1S/C62H36F3N5/c63-62(64,65)40-35-55(69-49-26-11-7-22-43(49)45-30-32-53-58(60(45)69)47-24-9-13-28-51(47)67(53)41-18-3-1-4-19-41)57(39-17-15-16-38(34-39)37-66)56(36-40)70-50-27-12-8-23-44(50)46-31-33-54-59(61(46)70)48-25-10-14-29-52(48)68(54)42-20-5-2-6-21-42/h1-36H. The molecule has 0 N–H and O–H groups in total. The van der Waals surface area contributed by atoms with Crippen molar-refractivity contribution < 1.29 is 13.2 Å². The Bertz CT molecular complexity index is 4270. The summed E-state index contributed by atoms with van der Waals surface area (Å²) in [5.74, 6) is 0. The van der Waals surface area contributed by atoms with Crippen molar-refractivity contribution in [3.05, 3.63) is 230 Å². The number of nitrogens with zero attached hydrogens (tertiary/aromatic N) is 5. The molecule has 0 aliphatic heterocycles. The Morgan fingerprint density at radius 1 is 0.357 bits per heavy atom. The first-order valence-electron chi connectivity index (χ1n) is 23.2. The van der Waals surface area contributed by atoms with E-state index in [0.29, 0.717) is 28.1 Å². The molecule has 8 heteroatoms. The lowest BCUT2D eigenvalue weighted by atomic mass is 9.96.